The number of halogens is 2. The Hall–Kier alpha value is -0.670. The Labute approximate surface area is 152 Å². The Kier molecular flexibility index (Phi) is 4.96. The normalized spacial score (nSPS) is 30.8. The Bertz CT molecular complexity index is 713. The van der Waals surface area contributed by atoms with Crippen molar-refractivity contribution in [3.63, 3.8) is 0 Å². The lowest BCUT2D eigenvalue weighted by Crippen LogP contribution is -2.51. The van der Waals surface area contributed by atoms with Crippen LogP contribution in [0.2, 0.25) is 0 Å². The smallest absolute Gasteiger partial charge is 0.250 e. The second-order valence-electron chi connectivity index (χ2n) is 7.23. The first-order valence-electron chi connectivity index (χ1n) is 8.50. The lowest BCUT2D eigenvalue weighted by Gasteiger charge is -2.35. The monoisotopic (exact) mass is 393 g/mol. The van der Waals surface area contributed by atoms with Crippen LogP contribution in [0.3, 0.4) is 0 Å². The number of hydrogen-bond donors (Lipinski definition) is 1. The van der Waals surface area contributed by atoms with E-state index in [1.807, 2.05) is 20.1 Å². The van der Waals surface area contributed by atoms with Gasteiger partial charge in [-0.2, -0.15) is 11.8 Å². The molecule has 1 saturated heterocycles. The van der Waals surface area contributed by atoms with Crippen LogP contribution in [-0.2, 0) is 10.0 Å². The molecule has 0 radical (unpaired) electrons. The van der Waals surface area contributed by atoms with E-state index in [-0.39, 0.29) is 17.3 Å². The Morgan fingerprint density at radius 2 is 2.04 bits per heavy atom. The predicted molar refractivity (Wildman–Crippen MR) is 97.7 cm³/mol. The Morgan fingerprint density at radius 1 is 1.40 bits per heavy atom. The summed E-state index contributed by atoms with van der Waals surface area (Å²) in [6.45, 7) is 6.66. The van der Waals surface area contributed by atoms with Gasteiger partial charge in [-0.25, -0.2) is 21.9 Å². The standard InChI is InChI=1S/C16H25F2N3O2S2/c1-9-10(2)19-15(11(3)24-4)21-8-12(5-14(9)21)20-25(22,23)13-6-16(17,18)7-13/h10-13,20H,5-8H2,1-4H3/t10-,11?,12?/m0/s1. The van der Waals surface area contributed by atoms with E-state index in [1.54, 1.807) is 11.8 Å². The highest BCUT2D eigenvalue weighted by Crippen LogP contribution is 2.41. The molecule has 0 spiro atoms. The summed E-state index contributed by atoms with van der Waals surface area (Å²) in [6.07, 6.45) is 1.45. The second-order valence-corrected chi connectivity index (χ2v) is 10.4. The molecule has 3 rings (SSSR count). The molecule has 0 bridgehead atoms. The summed E-state index contributed by atoms with van der Waals surface area (Å²) in [4.78, 5) is 6.89. The van der Waals surface area contributed by atoms with Crippen LogP contribution in [0.15, 0.2) is 16.3 Å². The SMILES string of the molecule is CSC(C)C1=N[C@@H](C)C(C)=C2CC(NS(=O)(=O)C3CC(F)(F)C3)CN12. The van der Waals surface area contributed by atoms with Gasteiger partial charge in [-0.05, 0) is 32.6 Å². The maximum Gasteiger partial charge on any atom is 0.250 e. The third-order valence-corrected chi connectivity index (χ3v) is 8.18. The van der Waals surface area contributed by atoms with E-state index in [4.69, 9.17) is 4.99 Å². The second kappa shape index (κ2) is 6.49. The fraction of sp³-hybridized carbons (Fsp3) is 0.812. The summed E-state index contributed by atoms with van der Waals surface area (Å²) in [7, 11) is -3.72. The molecular weight excluding hydrogens is 368 g/mol. The Balaban J connectivity index is 1.74. The van der Waals surface area contributed by atoms with E-state index in [1.165, 1.54) is 0 Å². The Morgan fingerprint density at radius 3 is 2.60 bits per heavy atom. The molecular formula is C16H25F2N3O2S2. The molecule has 9 heteroatoms. The highest BCUT2D eigenvalue weighted by Gasteiger charge is 2.52. The topological polar surface area (TPSA) is 61.8 Å². The fourth-order valence-corrected chi connectivity index (χ4v) is 5.75. The van der Waals surface area contributed by atoms with Gasteiger partial charge in [-0.3, -0.25) is 4.99 Å². The maximum atomic E-state index is 13.0. The number of thioether (sulfide) groups is 1. The van der Waals surface area contributed by atoms with Crippen molar-refractivity contribution in [1.29, 1.82) is 0 Å². The molecule has 1 saturated carbocycles. The minimum Gasteiger partial charge on any atom is -0.331 e. The molecule has 1 N–H and O–H groups in total. The van der Waals surface area contributed by atoms with E-state index < -0.39 is 34.0 Å². The lowest BCUT2D eigenvalue weighted by atomic mass is 9.94. The van der Waals surface area contributed by atoms with Crippen LogP contribution in [-0.4, -0.2) is 60.5 Å². The quantitative estimate of drug-likeness (QED) is 0.780. The summed E-state index contributed by atoms with van der Waals surface area (Å²) < 4.78 is 53.4. The van der Waals surface area contributed by atoms with E-state index in [9.17, 15) is 17.2 Å². The van der Waals surface area contributed by atoms with Crippen LogP contribution >= 0.6 is 11.8 Å². The average Bonchev–Trinajstić information content (AvgIpc) is 2.90. The van der Waals surface area contributed by atoms with Crippen LogP contribution < -0.4 is 4.72 Å². The van der Waals surface area contributed by atoms with Crippen molar-refractivity contribution in [1.82, 2.24) is 9.62 Å². The summed E-state index contributed by atoms with van der Waals surface area (Å²) in [6, 6.07) is -0.217. The number of amidine groups is 1. The van der Waals surface area contributed by atoms with Crippen molar-refractivity contribution in [3.8, 4) is 0 Å². The minimum absolute atomic E-state index is 0.0801. The molecule has 0 aromatic heterocycles. The molecule has 0 amide bonds. The number of nitrogens with zero attached hydrogens (tertiary/aromatic N) is 2. The first-order chi connectivity index (χ1) is 11.5. The van der Waals surface area contributed by atoms with Crippen LogP contribution in [0.25, 0.3) is 0 Å². The molecule has 2 heterocycles. The van der Waals surface area contributed by atoms with Crippen molar-refractivity contribution in [3.05, 3.63) is 11.3 Å². The summed E-state index contributed by atoms with van der Waals surface area (Å²) in [5.74, 6) is -1.87. The molecule has 5 nitrogen and oxygen atoms in total. The van der Waals surface area contributed by atoms with Gasteiger partial charge < -0.3 is 4.90 Å². The van der Waals surface area contributed by atoms with Crippen molar-refractivity contribution >= 4 is 27.6 Å². The number of nitrogens with one attached hydrogen (secondary N) is 1. The van der Waals surface area contributed by atoms with Crippen LogP contribution in [0.5, 0.6) is 0 Å². The van der Waals surface area contributed by atoms with Crippen molar-refractivity contribution in [2.45, 2.75) is 68.5 Å². The van der Waals surface area contributed by atoms with Crippen LogP contribution in [0, 0.1) is 0 Å². The number of fused-ring (bicyclic) bond motifs is 1. The number of alkyl halides is 2. The fourth-order valence-electron chi connectivity index (χ4n) is 3.61. The molecule has 2 aliphatic heterocycles. The molecule has 3 atom stereocenters. The van der Waals surface area contributed by atoms with Crippen molar-refractivity contribution in [2.75, 3.05) is 12.8 Å². The molecule has 0 aromatic carbocycles. The number of hydrogen-bond acceptors (Lipinski definition) is 5. The molecule has 0 aromatic rings. The minimum atomic E-state index is -3.72. The maximum absolute atomic E-state index is 13.0. The third-order valence-electron chi connectivity index (χ3n) is 5.39. The van der Waals surface area contributed by atoms with Gasteiger partial charge in [-0.1, -0.05) is 0 Å². The van der Waals surface area contributed by atoms with E-state index >= 15 is 0 Å². The predicted octanol–water partition coefficient (Wildman–Crippen LogP) is 2.60. The van der Waals surface area contributed by atoms with Gasteiger partial charge in [0.05, 0.1) is 16.5 Å². The summed E-state index contributed by atoms with van der Waals surface area (Å²) >= 11 is 1.70. The highest BCUT2D eigenvalue weighted by molar-refractivity contribution is 7.99. The van der Waals surface area contributed by atoms with Crippen LogP contribution in [0.4, 0.5) is 8.78 Å². The molecule has 3 aliphatic rings. The first-order valence-corrected chi connectivity index (χ1v) is 11.3. The molecule has 2 unspecified atom stereocenters. The van der Waals surface area contributed by atoms with Gasteiger partial charge in [0.2, 0.25) is 10.0 Å². The zero-order valence-electron chi connectivity index (χ0n) is 14.9. The van der Waals surface area contributed by atoms with E-state index in [2.05, 4.69) is 16.5 Å². The first kappa shape index (κ1) is 19.1. The van der Waals surface area contributed by atoms with Gasteiger partial charge >= 0.3 is 0 Å². The van der Waals surface area contributed by atoms with Crippen molar-refractivity contribution < 1.29 is 17.2 Å². The largest absolute Gasteiger partial charge is 0.331 e. The van der Waals surface area contributed by atoms with Gasteiger partial charge in [0.25, 0.3) is 5.92 Å². The average molecular weight is 394 g/mol. The number of rotatable bonds is 5. The van der Waals surface area contributed by atoms with Crippen LogP contribution in [0.1, 0.15) is 40.0 Å². The van der Waals surface area contributed by atoms with Gasteiger partial charge in [0.1, 0.15) is 5.84 Å². The molecule has 25 heavy (non-hydrogen) atoms. The highest BCUT2D eigenvalue weighted by atomic mass is 32.2. The zero-order chi connectivity index (χ0) is 18.6. The lowest BCUT2D eigenvalue weighted by molar-refractivity contribution is -0.0688. The number of sulfonamides is 1. The van der Waals surface area contributed by atoms with E-state index in [0.29, 0.717) is 13.0 Å². The van der Waals surface area contributed by atoms with Gasteiger partial charge in [0, 0.05) is 37.5 Å². The number of aliphatic imine (C=N–C) groups is 1. The summed E-state index contributed by atoms with van der Waals surface area (Å²) in [5.41, 5.74) is 2.26. The van der Waals surface area contributed by atoms with Gasteiger partial charge in [0.15, 0.2) is 0 Å². The van der Waals surface area contributed by atoms with E-state index in [0.717, 1.165) is 17.1 Å². The molecule has 2 fully saturated rings. The van der Waals surface area contributed by atoms with Crippen molar-refractivity contribution in [2.24, 2.45) is 4.99 Å². The molecule has 1 aliphatic carbocycles. The zero-order valence-corrected chi connectivity index (χ0v) is 16.6. The van der Waals surface area contributed by atoms with Gasteiger partial charge in [-0.15, -0.1) is 0 Å². The third kappa shape index (κ3) is 3.60. The summed E-state index contributed by atoms with van der Waals surface area (Å²) in [5, 5.41) is -0.765. The molecule has 142 valence electrons.